The van der Waals surface area contributed by atoms with Crippen LogP contribution in [-0.2, 0) is 28.0 Å². The second-order valence-electron chi connectivity index (χ2n) is 7.64. The van der Waals surface area contributed by atoms with Crippen molar-refractivity contribution in [3.63, 3.8) is 0 Å². The molecule has 0 N–H and O–H groups in total. The Kier molecular flexibility index (Phi) is 4.86. The second-order valence-corrected chi connectivity index (χ2v) is 9.02. The summed E-state index contributed by atoms with van der Waals surface area (Å²) in [6.45, 7) is 4.18. The Balaban J connectivity index is 1.58. The van der Waals surface area contributed by atoms with Gasteiger partial charge in [-0.15, -0.1) is 11.3 Å². The monoisotopic (exact) mass is 423 g/mol. The molecule has 0 bridgehead atoms. The third-order valence-corrected chi connectivity index (χ3v) is 7.16. The van der Waals surface area contributed by atoms with E-state index in [4.69, 9.17) is 21.1 Å². The van der Waals surface area contributed by atoms with Crippen molar-refractivity contribution in [2.45, 2.75) is 31.7 Å². The highest BCUT2D eigenvalue weighted by Crippen LogP contribution is 2.45. The number of benzene rings is 2. The normalized spacial score (nSPS) is 21.6. The number of halogens is 1. The average Bonchev–Trinajstić information content (AvgIpc) is 3.43. The van der Waals surface area contributed by atoms with Crippen molar-refractivity contribution in [2.75, 3.05) is 6.54 Å². The minimum atomic E-state index is -0.345. The number of nitrogens with zero attached hydrogens (tertiary/aromatic N) is 1. The summed E-state index contributed by atoms with van der Waals surface area (Å²) in [5.74, 6) is 0. The second kappa shape index (κ2) is 7.52. The van der Waals surface area contributed by atoms with Crippen molar-refractivity contribution in [1.82, 2.24) is 4.90 Å². The van der Waals surface area contributed by atoms with E-state index in [1.54, 1.807) is 23.9 Å². The summed E-state index contributed by atoms with van der Waals surface area (Å²) in [5.41, 5.74) is 4.92. The van der Waals surface area contributed by atoms with Crippen molar-refractivity contribution in [2.24, 2.45) is 0 Å². The molecule has 1 atom stereocenters. The molecule has 1 aromatic heterocycles. The van der Waals surface area contributed by atoms with Gasteiger partial charge in [0, 0.05) is 18.1 Å². The van der Waals surface area contributed by atoms with Gasteiger partial charge < -0.3 is 9.47 Å². The summed E-state index contributed by atoms with van der Waals surface area (Å²) >= 11 is 8.12. The number of rotatable bonds is 4. The average molecular weight is 424 g/mol. The fourth-order valence-corrected chi connectivity index (χ4v) is 5.50. The maximum Gasteiger partial charge on any atom is 0.275 e. The Bertz CT molecular complexity index is 1040. The molecular formula is C24H22ClNO2S. The zero-order valence-corrected chi connectivity index (χ0v) is 17.7. The lowest BCUT2D eigenvalue weighted by Crippen LogP contribution is -2.48. The van der Waals surface area contributed by atoms with Gasteiger partial charge in [0.15, 0.2) is 0 Å². The van der Waals surface area contributed by atoms with E-state index >= 15 is 0 Å². The summed E-state index contributed by atoms with van der Waals surface area (Å²) in [6, 6.07) is 19.2. The van der Waals surface area contributed by atoms with Crippen LogP contribution in [0.5, 0.6) is 0 Å². The summed E-state index contributed by atoms with van der Waals surface area (Å²) in [7, 11) is 0. The van der Waals surface area contributed by atoms with Crippen molar-refractivity contribution >= 4 is 22.9 Å². The molecule has 0 aliphatic carbocycles. The molecule has 3 nitrogen and oxygen atoms in total. The van der Waals surface area contributed by atoms with Gasteiger partial charge in [0.05, 0.1) is 10.4 Å². The van der Waals surface area contributed by atoms with Gasteiger partial charge in [-0.25, -0.2) is 0 Å². The number of fused-ring (bicyclic) bond motifs is 1. The molecule has 0 fully saturated rings. The van der Waals surface area contributed by atoms with Gasteiger partial charge in [-0.05, 0) is 59.2 Å². The molecule has 0 saturated heterocycles. The van der Waals surface area contributed by atoms with Crippen LogP contribution in [0.25, 0.3) is 0 Å². The van der Waals surface area contributed by atoms with Crippen LogP contribution < -0.4 is 0 Å². The fourth-order valence-electron chi connectivity index (χ4n) is 4.35. The molecule has 5 rings (SSSR count). The predicted octanol–water partition coefficient (Wildman–Crippen LogP) is 6.24. The standard InChI is InChI=1S/C24H22ClNO2S/c1-24(19-13-22(29-16-19)23-27-11-12-28-23)21-14-20(25)8-7-18(21)9-10-26(24)15-17-5-3-2-4-6-17/h2-8,11-14,16,23H,9-10,15H2,1H3. The minimum absolute atomic E-state index is 0.283. The quantitative estimate of drug-likeness (QED) is 0.495. The Morgan fingerprint density at radius 2 is 1.90 bits per heavy atom. The minimum Gasteiger partial charge on any atom is -0.454 e. The molecule has 5 heteroatoms. The van der Waals surface area contributed by atoms with Crippen LogP contribution in [-0.4, -0.2) is 11.4 Å². The molecule has 0 saturated carbocycles. The van der Waals surface area contributed by atoms with Crippen LogP contribution in [0, 0.1) is 0 Å². The van der Waals surface area contributed by atoms with Gasteiger partial charge >= 0.3 is 0 Å². The van der Waals surface area contributed by atoms with E-state index in [-0.39, 0.29) is 11.8 Å². The number of thiophene rings is 1. The number of hydrogen-bond acceptors (Lipinski definition) is 4. The van der Waals surface area contributed by atoms with Crippen LogP contribution in [0.15, 0.2) is 72.5 Å². The van der Waals surface area contributed by atoms with E-state index in [9.17, 15) is 0 Å². The largest absolute Gasteiger partial charge is 0.454 e. The van der Waals surface area contributed by atoms with Gasteiger partial charge in [-0.1, -0.05) is 48.0 Å². The van der Waals surface area contributed by atoms with Gasteiger partial charge in [0.2, 0.25) is 0 Å². The van der Waals surface area contributed by atoms with E-state index in [1.807, 2.05) is 6.07 Å². The first-order valence-corrected chi connectivity index (χ1v) is 11.0. The lowest BCUT2D eigenvalue weighted by Gasteiger charge is -2.46. The molecule has 0 amide bonds. The van der Waals surface area contributed by atoms with Crippen molar-refractivity contribution in [1.29, 1.82) is 0 Å². The van der Waals surface area contributed by atoms with E-state index in [0.29, 0.717) is 0 Å². The molecule has 0 spiro atoms. The zero-order chi connectivity index (χ0) is 19.8. The molecule has 29 heavy (non-hydrogen) atoms. The van der Waals surface area contributed by atoms with Gasteiger partial charge in [0.1, 0.15) is 12.5 Å². The van der Waals surface area contributed by atoms with Crippen LogP contribution in [0.4, 0.5) is 0 Å². The van der Waals surface area contributed by atoms with Gasteiger partial charge in [-0.3, -0.25) is 4.90 Å². The fraction of sp³-hybridized carbons (Fsp3) is 0.250. The van der Waals surface area contributed by atoms with Crippen molar-refractivity contribution in [3.8, 4) is 0 Å². The highest BCUT2D eigenvalue weighted by molar-refractivity contribution is 7.10. The summed E-state index contributed by atoms with van der Waals surface area (Å²) in [6.07, 6.45) is 3.87. The molecule has 148 valence electrons. The molecule has 3 aromatic rings. The van der Waals surface area contributed by atoms with E-state index in [1.165, 1.54) is 22.3 Å². The maximum atomic E-state index is 6.44. The van der Waals surface area contributed by atoms with Crippen LogP contribution >= 0.6 is 22.9 Å². The summed E-state index contributed by atoms with van der Waals surface area (Å²) in [4.78, 5) is 3.63. The molecule has 2 aliphatic rings. The summed E-state index contributed by atoms with van der Waals surface area (Å²) < 4.78 is 11.1. The van der Waals surface area contributed by atoms with E-state index < -0.39 is 0 Å². The first-order valence-electron chi connectivity index (χ1n) is 9.77. The van der Waals surface area contributed by atoms with E-state index in [2.05, 4.69) is 65.7 Å². The summed E-state index contributed by atoms with van der Waals surface area (Å²) in [5, 5.41) is 3.01. The highest BCUT2D eigenvalue weighted by Gasteiger charge is 2.41. The Morgan fingerprint density at radius 3 is 2.69 bits per heavy atom. The predicted molar refractivity (Wildman–Crippen MR) is 117 cm³/mol. The Morgan fingerprint density at radius 1 is 1.10 bits per heavy atom. The van der Waals surface area contributed by atoms with Gasteiger partial charge in [-0.2, -0.15) is 0 Å². The van der Waals surface area contributed by atoms with Crippen LogP contribution in [0.3, 0.4) is 0 Å². The molecule has 2 aliphatic heterocycles. The SMILES string of the molecule is CC1(c2csc(C3OC=CO3)c2)c2cc(Cl)ccc2CCN1Cc1ccccc1. The van der Waals surface area contributed by atoms with Gasteiger partial charge in [0.25, 0.3) is 6.29 Å². The Labute approximate surface area is 180 Å². The lowest BCUT2D eigenvalue weighted by molar-refractivity contribution is -0.0218. The molecule has 2 aromatic carbocycles. The number of ether oxygens (including phenoxy) is 2. The lowest BCUT2D eigenvalue weighted by atomic mass is 9.77. The first-order chi connectivity index (χ1) is 14.1. The smallest absolute Gasteiger partial charge is 0.275 e. The molecular weight excluding hydrogens is 402 g/mol. The molecule has 3 heterocycles. The highest BCUT2D eigenvalue weighted by atomic mass is 35.5. The van der Waals surface area contributed by atoms with Crippen LogP contribution in [0.2, 0.25) is 5.02 Å². The topological polar surface area (TPSA) is 21.7 Å². The Hall–Kier alpha value is -2.27. The first kappa shape index (κ1) is 18.7. The van der Waals surface area contributed by atoms with E-state index in [0.717, 1.165) is 29.4 Å². The number of hydrogen-bond donors (Lipinski definition) is 0. The third kappa shape index (κ3) is 3.35. The maximum absolute atomic E-state index is 6.44. The third-order valence-electron chi connectivity index (χ3n) is 5.97. The molecule has 1 unspecified atom stereocenters. The molecule has 0 radical (unpaired) electrons. The van der Waals surface area contributed by atoms with Crippen LogP contribution in [0.1, 0.15) is 40.3 Å². The zero-order valence-electron chi connectivity index (χ0n) is 16.2. The van der Waals surface area contributed by atoms with Crippen molar-refractivity contribution in [3.05, 3.63) is 105 Å². The van der Waals surface area contributed by atoms with Crippen molar-refractivity contribution < 1.29 is 9.47 Å².